The van der Waals surface area contributed by atoms with Crippen molar-refractivity contribution in [2.45, 2.75) is 19.8 Å². The first kappa shape index (κ1) is 10.8. The minimum Gasteiger partial charge on any atom is -0.423 e. The van der Waals surface area contributed by atoms with Crippen LogP contribution in [0.25, 0.3) is 0 Å². The van der Waals surface area contributed by atoms with E-state index in [2.05, 4.69) is 22.9 Å². The van der Waals surface area contributed by atoms with Crippen LogP contribution in [0.5, 0.6) is 0 Å². The van der Waals surface area contributed by atoms with E-state index in [0.717, 1.165) is 22.9 Å². The Morgan fingerprint density at radius 1 is 1.38 bits per heavy atom. The highest BCUT2D eigenvalue weighted by Gasteiger charge is 2.11. The summed E-state index contributed by atoms with van der Waals surface area (Å²) in [6.07, 6.45) is 1.99. The summed E-state index contributed by atoms with van der Waals surface area (Å²) >= 11 is 3.42. The second kappa shape index (κ2) is 4.79. The fraction of sp³-hybridized carbons (Fsp3) is 0.333. The molecule has 2 nitrogen and oxygen atoms in total. The monoisotopic (exact) mass is 242 g/mol. The van der Waals surface area contributed by atoms with Gasteiger partial charge in [-0.05, 0) is 23.5 Å². The molecule has 0 atom stereocenters. The zero-order chi connectivity index (χ0) is 9.84. The third-order valence-corrected chi connectivity index (χ3v) is 2.66. The molecule has 0 aliphatic carbocycles. The third-order valence-electron chi connectivity index (χ3n) is 1.89. The summed E-state index contributed by atoms with van der Waals surface area (Å²) in [5.41, 5.74) is 1.67. The molecule has 0 spiro atoms. The maximum Gasteiger partial charge on any atom is 0.488 e. The van der Waals surface area contributed by atoms with Crippen LogP contribution < -0.4 is 5.46 Å². The SMILES string of the molecule is CCCc1cc(B(O)O)ccc1Br. The summed E-state index contributed by atoms with van der Waals surface area (Å²) < 4.78 is 1.03. The summed E-state index contributed by atoms with van der Waals surface area (Å²) in [5, 5.41) is 17.9. The predicted molar refractivity (Wildman–Crippen MR) is 58.0 cm³/mol. The first-order valence-electron chi connectivity index (χ1n) is 4.29. The van der Waals surface area contributed by atoms with Crippen molar-refractivity contribution < 1.29 is 10.0 Å². The van der Waals surface area contributed by atoms with Crippen molar-refractivity contribution in [1.82, 2.24) is 0 Å². The van der Waals surface area contributed by atoms with Gasteiger partial charge in [-0.15, -0.1) is 0 Å². The Balaban J connectivity index is 2.97. The van der Waals surface area contributed by atoms with Gasteiger partial charge in [0.15, 0.2) is 0 Å². The molecule has 0 aliphatic rings. The minimum atomic E-state index is -1.37. The Kier molecular flexibility index (Phi) is 3.97. The maximum atomic E-state index is 8.95. The quantitative estimate of drug-likeness (QED) is 0.779. The van der Waals surface area contributed by atoms with E-state index in [4.69, 9.17) is 10.0 Å². The van der Waals surface area contributed by atoms with Crippen LogP contribution in [0.4, 0.5) is 0 Å². The van der Waals surface area contributed by atoms with Gasteiger partial charge in [-0.3, -0.25) is 0 Å². The number of benzene rings is 1. The lowest BCUT2D eigenvalue weighted by Crippen LogP contribution is -2.30. The first-order chi connectivity index (χ1) is 6.15. The Bertz CT molecular complexity index is 289. The second-order valence-corrected chi connectivity index (χ2v) is 3.83. The molecule has 0 heterocycles. The van der Waals surface area contributed by atoms with E-state index in [0.29, 0.717) is 5.46 Å². The van der Waals surface area contributed by atoms with Crippen molar-refractivity contribution in [2.24, 2.45) is 0 Å². The van der Waals surface area contributed by atoms with Crippen LogP contribution in [-0.4, -0.2) is 17.2 Å². The summed E-state index contributed by atoms with van der Waals surface area (Å²) in [6.45, 7) is 2.09. The average Bonchev–Trinajstić information content (AvgIpc) is 2.08. The molecule has 0 unspecified atom stereocenters. The number of halogens is 1. The second-order valence-electron chi connectivity index (χ2n) is 2.97. The summed E-state index contributed by atoms with van der Waals surface area (Å²) in [4.78, 5) is 0. The van der Waals surface area contributed by atoms with Gasteiger partial charge in [0, 0.05) is 4.47 Å². The summed E-state index contributed by atoms with van der Waals surface area (Å²) in [5.74, 6) is 0. The van der Waals surface area contributed by atoms with Gasteiger partial charge in [-0.25, -0.2) is 0 Å². The van der Waals surface area contributed by atoms with Crippen LogP contribution in [0.3, 0.4) is 0 Å². The minimum absolute atomic E-state index is 0.548. The van der Waals surface area contributed by atoms with Crippen molar-refractivity contribution in [3.63, 3.8) is 0 Å². The van der Waals surface area contributed by atoms with Gasteiger partial charge in [0.05, 0.1) is 0 Å². The molecule has 0 bridgehead atoms. The zero-order valence-electron chi connectivity index (χ0n) is 7.50. The van der Waals surface area contributed by atoms with Gasteiger partial charge in [0.2, 0.25) is 0 Å². The van der Waals surface area contributed by atoms with Gasteiger partial charge in [0.1, 0.15) is 0 Å². The van der Waals surface area contributed by atoms with E-state index in [-0.39, 0.29) is 0 Å². The molecule has 13 heavy (non-hydrogen) atoms. The topological polar surface area (TPSA) is 40.5 Å². The molecule has 0 saturated heterocycles. The molecule has 70 valence electrons. The third kappa shape index (κ3) is 2.83. The molecule has 1 aromatic rings. The Morgan fingerprint density at radius 2 is 2.08 bits per heavy atom. The zero-order valence-corrected chi connectivity index (χ0v) is 9.08. The van der Waals surface area contributed by atoms with Gasteiger partial charge >= 0.3 is 7.12 Å². The maximum absolute atomic E-state index is 8.95. The van der Waals surface area contributed by atoms with E-state index in [1.807, 2.05) is 12.1 Å². The Labute approximate surface area is 86.9 Å². The first-order valence-corrected chi connectivity index (χ1v) is 5.09. The van der Waals surface area contributed by atoms with E-state index in [1.165, 1.54) is 0 Å². The Hall–Kier alpha value is -0.315. The number of hydrogen-bond donors (Lipinski definition) is 2. The van der Waals surface area contributed by atoms with Crippen LogP contribution >= 0.6 is 15.9 Å². The molecule has 0 saturated carbocycles. The number of aryl methyl sites for hydroxylation is 1. The van der Waals surface area contributed by atoms with Crippen molar-refractivity contribution in [3.8, 4) is 0 Å². The average molecular weight is 243 g/mol. The molecular formula is C9H12BBrO2. The van der Waals surface area contributed by atoms with Gasteiger partial charge in [-0.1, -0.05) is 41.4 Å². The van der Waals surface area contributed by atoms with E-state index in [9.17, 15) is 0 Å². The van der Waals surface area contributed by atoms with E-state index < -0.39 is 7.12 Å². The summed E-state index contributed by atoms with van der Waals surface area (Å²) in [6, 6.07) is 5.37. The molecule has 0 amide bonds. The highest BCUT2D eigenvalue weighted by atomic mass is 79.9. The highest BCUT2D eigenvalue weighted by Crippen LogP contribution is 2.16. The van der Waals surface area contributed by atoms with Crippen molar-refractivity contribution in [1.29, 1.82) is 0 Å². The van der Waals surface area contributed by atoms with Crippen LogP contribution in [0.2, 0.25) is 0 Å². The molecule has 4 heteroatoms. The molecular weight excluding hydrogens is 231 g/mol. The van der Waals surface area contributed by atoms with Crippen LogP contribution in [0, 0.1) is 0 Å². The smallest absolute Gasteiger partial charge is 0.423 e. The van der Waals surface area contributed by atoms with Gasteiger partial charge in [0.25, 0.3) is 0 Å². The van der Waals surface area contributed by atoms with Crippen LogP contribution in [0.15, 0.2) is 22.7 Å². The van der Waals surface area contributed by atoms with Crippen LogP contribution in [-0.2, 0) is 6.42 Å². The molecule has 0 aromatic heterocycles. The van der Waals surface area contributed by atoms with Crippen LogP contribution in [0.1, 0.15) is 18.9 Å². The standard InChI is InChI=1S/C9H12BBrO2/c1-2-3-7-6-8(10(12)13)4-5-9(7)11/h4-6,12-13H,2-3H2,1H3. The lowest BCUT2D eigenvalue weighted by atomic mass is 9.79. The molecule has 1 aromatic carbocycles. The fourth-order valence-electron chi connectivity index (χ4n) is 1.22. The van der Waals surface area contributed by atoms with E-state index in [1.54, 1.807) is 6.07 Å². The lowest BCUT2D eigenvalue weighted by Gasteiger charge is -2.05. The van der Waals surface area contributed by atoms with Crippen molar-refractivity contribution >= 4 is 28.5 Å². The van der Waals surface area contributed by atoms with Crippen molar-refractivity contribution in [3.05, 3.63) is 28.2 Å². The summed E-state index contributed by atoms with van der Waals surface area (Å²) in [7, 11) is -1.37. The number of hydrogen-bond acceptors (Lipinski definition) is 2. The molecule has 2 N–H and O–H groups in total. The lowest BCUT2D eigenvalue weighted by molar-refractivity contribution is 0.425. The van der Waals surface area contributed by atoms with E-state index >= 15 is 0 Å². The van der Waals surface area contributed by atoms with Crippen molar-refractivity contribution in [2.75, 3.05) is 0 Å². The van der Waals surface area contributed by atoms with Gasteiger partial charge in [-0.2, -0.15) is 0 Å². The largest absolute Gasteiger partial charge is 0.488 e. The fourth-order valence-corrected chi connectivity index (χ4v) is 1.66. The normalized spacial score (nSPS) is 10.2. The molecule has 0 radical (unpaired) electrons. The predicted octanol–water partition coefficient (Wildman–Crippen LogP) is 1.08. The number of rotatable bonds is 3. The molecule has 0 aliphatic heterocycles. The highest BCUT2D eigenvalue weighted by molar-refractivity contribution is 9.10. The molecule has 0 fully saturated rings. The van der Waals surface area contributed by atoms with Gasteiger partial charge < -0.3 is 10.0 Å². The Morgan fingerprint density at radius 3 is 2.62 bits per heavy atom. The molecule has 1 rings (SSSR count).